The zero-order chi connectivity index (χ0) is 21.2. The molecule has 4 amide bonds. The van der Waals surface area contributed by atoms with Crippen LogP contribution in [0.3, 0.4) is 0 Å². The molecule has 0 bridgehead atoms. The van der Waals surface area contributed by atoms with Crippen molar-refractivity contribution >= 4 is 17.8 Å². The molecule has 158 valence electrons. The molecule has 29 heavy (non-hydrogen) atoms. The minimum absolute atomic E-state index is 0.0507. The molecule has 1 N–H and O–H groups in total. The first kappa shape index (κ1) is 21.0. The average molecular weight is 409 g/mol. The van der Waals surface area contributed by atoms with Crippen LogP contribution in [0.1, 0.15) is 44.6 Å². The molecule has 0 aromatic heterocycles. The summed E-state index contributed by atoms with van der Waals surface area (Å²) in [5, 5.41) is 2.61. The fourth-order valence-corrected chi connectivity index (χ4v) is 3.92. The van der Waals surface area contributed by atoms with Crippen molar-refractivity contribution in [1.29, 1.82) is 0 Å². The molecule has 1 aliphatic heterocycles. The Kier molecular flexibility index (Phi) is 6.04. The number of amides is 4. The van der Waals surface area contributed by atoms with Gasteiger partial charge < -0.3 is 15.0 Å². The van der Waals surface area contributed by atoms with Crippen LogP contribution in [0.4, 0.5) is 13.6 Å². The molecule has 1 aromatic carbocycles. The van der Waals surface area contributed by atoms with Gasteiger partial charge in [0.2, 0.25) is 5.91 Å². The van der Waals surface area contributed by atoms with E-state index in [0.29, 0.717) is 5.56 Å². The number of hydrogen-bond donors (Lipinski definition) is 1. The number of urea groups is 1. The largest absolute Gasteiger partial charge is 0.435 e. The van der Waals surface area contributed by atoms with E-state index >= 15 is 0 Å². The van der Waals surface area contributed by atoms with Crippen molar-refractivity contribution in [3.05, 3.63) is 29.8 Å². The van der Waals surface area contributed by atoms with E-state index in [9.17, 15) is 23.2 Å². The summed E-state index contributed by atoms with van der Waals surface area (Å²) in [5.41, 5.74) is -0.975. The van der Waals surface area contributed by atoms with Crippen LogP contribution < -0.4 is 10.1 Å². The van der Waals surface area contributed by atoms with Crippen molar-refractivity contribution < 1.29 is 27.9 Å². The standard InChI is InChI=1S/C20H25F2N3O4/c1-20(13-8-10-15(11-9-13)29-18(21)22)17(27)25(19(28)23-20)12-16(26)24(2)14-6-4-3-5-7-14/h8-11,14,18H,3-7,12H2,1-2H3,(H,23,28). The number of carbonyl (C=O) groups is 3. The molecular formula is C20H25F2N3O4. The van der Waals surface area contributed by atoms with E-state index in [1.165, 1.54) is 31.2 Å². The summed E-state index contributed by atoms with van der Waals surface area (Å²) in [6.07, 6.45) is 5.13. The molecule has 1 aliphatic carbocycles. The van der Waals surface area contributed by atoms with Gasteiger partial charge in [-0.05, 0) is 37.5 Å². The number of benzene rings is 1. The van der Waals surface area contributed by atoms with Crippen molar-refractivity contribution in [2.45, 2.75) is 57.2 Å². The second-order valence-electron chi connectivity index (χ2n) is 7.65. The van der Waals surface area contributed by atoms with E-state index in [0.717, 1.165) is 37.0 Å². The summed E-state index contributed by atoms with van der Waals surface area (Å²) >= 11 is 0. The number of imide groups is 1. The first-order chi connectivity index (χ1) is 13.7. The number of nitrogens with zero attached hydrogens (tertiary/aromatic N) is 2. The van der Waals surface area contributed by atoms with E-state index in [2.05, 4.69) is 10.1 Å². The Bertz CT molecular complexity index is 780. The van der Waals surface area contributed by atoms with Crippen molar-refractivity contribution in [3.63, 3.8) is 0 Å². The highest BCUT2D eigenvalue weighted by molar-refractivity contribution is 6.09. The van der Waals surface area contributed by atoms with Crippen molar-refractivity contribution in [3.8, 4) is 5.75 Å². The van der Waals surface area contributed by atoms with Crippen LogP contribution in [-0.2, 0) is 15.1 Å². The van der Waals surface area contributed by atoms with Gasteiger partial charge in [-0.25, -0.2) is 4.79 Å². The Morgan fingerprint density at radius 3 is 2.45 bits per heavy atom. The molecule has 1 unspecified atom stereocenters. The Labute approximate surface area is 168 Å². The Balaban J connectivity index is 1.70. The topological polar surface area (TPSA) is 79.0 Å². The molecule has 0 radical (unpaired) electrons. The van der Waals surface area contributed by atoms with Gasteiger partial charge in [-0.3, -0.25) is 14.5 Å². The van der Waals surface area contributed by atoms with Crippen LogP contribution in [0.25, 0.3) is 0 Å². The van der Waals surface area contributed by atoms with Gasteiger partial charge in [0, 0.05) is 13.1 Å². The van der Waals surface area contributed by atoms with Crippen molar-refractivity contribution in [1.82, 2.24) is 15.1 Å². The monoisotopic (exact) mass is 409 g/mol. The Morgan fingerprint density at radius 1 is 1.24 bits per heavy atom. The fourth-order valence-electron chi connectivity index (χ4n) is 3.92. The summed E-state index contributed by atoms with van der Waals surface area (Å²) in [4.78, 5) is 40.6. The quantitative estimate of drug-likeness (QED) is 0.733. The average Bonchev–Trinajstić information content (AvgIpc) is 2.92. The number of rotatable bonds is 6. The third-order valence-corrected chi connectivity index (χ3v) is 5.74. The molecule has 1 aromatic rings. The number of ether oxygens (including phenoxy) is 1. The zero-order valence-corrected chi connectivity index (χ0v) is 16.5. The van der Waals surface area contributed by atoms with Gasteiger partial charge in [0.1, 0.15) is 17.8 Å². The SMILES string of the molecule is CN(C(=O)CN1C(=O)NC(C)(c2ccc(OC(F)F)cc2)C1=O)C1CCCCC1. The molecule has 2 fully saturated rings. The van der Waals surface area contributed by atoms with Crippen molar-refractivity contribution in [2.75, 3.05) is 13.6 Å². The highest BCUT2D eigenvalue weighted by atomic mass is 19.3. The van der Waals surface area contributed by atoms with Gasteiger partial charge in [0.15, 0.2) is 0 Å². The number of halogens is 2. The molecule has 1 saturated heterocycles. The normalized spacial score (nSPS) is 22.7. The zero-order valence-electron chi connectivity index (χ0n) is 16.5. The molecule has 0 spiro atoms. The van der Waals surface area contributed by atoms with E-state index in [1.54, 1.807) is 11.9 Å². The van der Waals surface area contributed by atoms with Gasteiger partial charge in [-0.15, -0.1) is 0 Å². The predicted octanol–water partition coefficient (Wildman–Crippen LogP) is 2.85. The minimum Gasteiger partial charge on any atom is -0.435 e. The molecule has 2 aliphatic rings. The lowest BCUT2D eigenvalue weighted by Gasteiger charge is -2.32. The maximum Gasteiger partial charge on any atom is 0.387 e. The highest BCUT2D eigenvalue weighted by Gasteiger charge is 2.49. The number of carbonyl (C=O) groups excluding carboxylic acids is 3. The molecule has 1 atom stereocenters. The predicted molar refractivity (Wildman–Crippen MR) is 100 cm³/mol. The second-order valence-corrected chi connectivity index (χ2v) is 7.65. The third kappa shape index (κ3) is 4.33. The Hall–Kier alpha value is -2.71. The van der Waals surface area contributed by atoms with E-state index in [1.807, 2.05) is 0 Å². The molecule has 1 saturated carbocycles. The molecule has 7 nitrogen and oxygen atoms in total. The van der Waals surface area contributed by atoms with Crippen molar-refractivity contribution in [2.24, 2.45) is 0 Å². The third-order valence-electron chi connectivity index (χ3n) is 5.74. The molecule has 3 rings (SSSR count). The van der Waals surface area contributed by atoms with E-state index in [4.69, 9.17) is 0 Å². The Morgan fingerprint density at radius 2 is 1.86 bits per heavy atom. The van der Waals surface area contributed by atoms with Crippen LogP contribution in [0, 0.1) is 0 Å². The lowest BCUT2D eigenvalue weighted by atomic mass is 9.92. The lowest BCUT2D eigenvalue weighted by Crippen LogP contribution is -2.46. The maximum atomic E-state index is 13.0. The first-order valence-corrected chi connectivity index (χ1v) is 9.67. The fraction of sp³-hybridized carbons (Fsp3) is 0.550. The van der Waals surface area contributed by atoms with Gasteiger partial charge in [-0.2, -0.15) is 8.78 Å². The van der Waals surface area contributed by atoms with Gasteiger partial charge >= 0.3 is 12.6 Å². The summed E-state index contributed by atoms with van der Waals surface area (Å²) < 4.78 is 28.9. The maximum absolute atomic E-state index is 13.0. The number of likely N-dealkylation sites (N-methyl/N-ethyl adjacent to an activating group) is 1. The van der Waals surface area contributed by atoms with Crippen LogP contribution in [0.2, 0.25) is 0 Å². The van der Waals surface area contributed by atoms with Crippen LogP contribution in [-0.4, -0.2) is 53.9 Å². The van der Waals surface area contributed by atoms with Gasteiger partial charge in [-0.1, -0.05) is 31.4 Å². The molecule has 9 heteroatoms. The summed E-state index contributed by atoms with van der Waals surface area (Å²) in [7, 11) is 1.71. The molecule has 1 heterocycles. The minimum atomic E-state index is -2.95. The van der Waals surface area contributed by atoms with Crippen LogP contribution in [0.5, 0.6) is 5.75 Å². The van der Waals surface area contributed by atoms with Crippen LogP contribution in [0.15, 0.2) is 24.3 Å². The second kappa shape index (κ2) is 8.34. The van der Waals surface area contributed by atoms with E-state index < -0.39 is 24.1 Å². The lowest BCUT2D eigenvalue weighted by molar-refractivity contribution is -0.139. The van der Waals surface area contributed by atoms with Crippen LogP contribution >= 0.6 is 0 Å². The van der Waals surface area contributed by atoms with Gasteiger partial charge in [0.05, 0.1) is 0 Å². The number of alkyl halides is 2. The molecular weight excluding hydrogens is 384 g/mol. The summed E-state index contributed by atoms with van der Waals surface area (Å²) in [6.45, 7) is -1.77. The summed E-state index contributed by atoms with van der Waals surface area (Å²) in [5.74, 6) is -0.897. The van der Waals surface area contributed by atoms with E-state index in [-0.39, 0.29) is 24.2 Å². The summed E-state index contributed by atoms with van der Waals surface area (Å²) in [6, 6.07) is 4.96. The first-order valence-electron chi connectivity index (χ1n) is 9.67. The number of nitrogens with one attached hydrogen (secondary N) is 1. The number of hydrogen-bond acceptors (Lipinski definition) is 4. The highest BCUT2D eigenvalue weighted by Crippen LogP contribution is 2.30. The smallest absolute Gasteiger partial charge is 0.387 e. The van der Waals surface area contributed by atoms with Gasteiger partial charge in [0.25, 0.3) is 5.91 Å².